The summed E-state index contributed by atoms with van der Waals surface area (Å²) < 4.78 is 21.8. The lowest BCUT2D eigenvalue weighted by atomic mass is 10.0. The standard InChI is InChI=1S/C23H25BrO6/c1-27-14-29-20-13-18(26)21-17(25)12-19(30-23(21)22(20)28-2)16-9-7-15(8-10-16)6-4-3-5-11-24/h7-10,12-13,26H,3-6,11,14H2,1-2H3. The minimum Gasteiger partial charge on any atom is -0.507 e. The normalized spacial score (nSPS) is 11.0. The van der Waals surface area contributed by atoms with Crippen LogP contribution in [0.15, 0.2) is 45.6 Å². The Morgan fingerprint density at radius 3 is 2.50 bits per heavy atom. The van der Waals surface area contributed by atoms with Crippen molar-refractivity contribution in [1.29, 1.82) is 0 Å². The third kappa shape index (κ3) is 4.96. The quantitative estimate of drug-likeness (QED) is 0.244. The Bertz CT molecular complexity index is 1040. The largest absolute Gasteiger partial charge is 0.507 e. The van der Waals surface area contributed by atoms with Crippen molar-refractivity contribution in [3.63, 3.8) is 0 Å². The van der Waals surface area contributed by atoms with Crippen LogP contribution in [0.25, 0.3) is 22.3 Å². The SMILES string of the molecule is COCOc1cc(O)c2c(=O)cc(-c3ccc(CCCCCBr)cc3)oc2c1OC. The molecule has 6 nitrogen and oxygen atoms in total. The fourth-order valence-electron chi connectivity index (χ4n) is 3.27. The Balaban J connectivity index is 1.98. The second-order valence-electron chi connectivity index (χ2n) is 6.85. The van der Waals surface area contributed by atoms with E-state index in [1.54, 1.807) is 0 Å². The summed E-state index contributed by atoms with van der Waals surface area (Å²) in [6, 6.07) is 10.6. The Hall–Kier alpha value is -2.51. The zero-order valence-electron chi connectivity index (χ0n) is 17.1. The first-order valence-electron chi connectivity index (χ1n) is 9.73. The summed E-state index contributed by atoms with van der Waals surface area (Å²) in [5, 5.41) is 11.4. The molecule has 0 bridgehead atoms. The fourth-order valence-corrected chi connectivity index (χ4v) is 3.67. The third-order valence-electron chi connectivity index (χ3n) is 4.78. The van der Waals surface area contributed by atoms with E-state index in [2.05, 4.69) is 15.9 Å². The van der Waals surface area contributed by atoms with E-state index in [-0.39, 0.29) is 40.4 Å². The summed E-state index contributed by atoms with van der Waals surface area (Å²) >= 11 is 3.45. The van der Waals surface area contributed by atoms with Crippen LogP contribution in [-0.4, -0.2) is 31.4 Å². The maximum Gasteiger partial charge on any atom is 0.205 e. The van der Waals surface area contributed by atoms with E-state index in [9.17, 15) is 9.90 Å². The first-order chi connectivity index (χ1) is 14.6. The van der Waals surface area contributed by atoms with Gasteiger partial charge in [0, 0.05) is 30.1 Å². The van der Waals surface area contributed by atoms with Gasteiger partial charge in [-0.25, -0.2) is 0 Å². The number of alkyl halides is 1. The molecule has 0 amide bonds. The van der Waals surface area contributed by atoms with Gasteiger partial charge in [0.1, 0.15) is 16.9 Å². The molecular formula is C23H25BrO6. The highest BCUT2D eigenvalue weighted by molar-refractivity contribution is 9.09. The topological polar surface area (TPSA) is 78.1 Å². The summed E-state index contributed by atoms with van der Waals surface area (Å²) in [6.07, 6.45) is 4.50. The van der Waals surface area contributed by atoms with Gasteiger partial charge < -0.3 is 23.7 Å². The minimum absolute atomic E-state index is 0.0394. The molecule has 3 rings (SSSR count). The second-order valence-corrected chi connectivity index (χ2v) is 7.65. The number of phenols is 1. The average molecular weight is 477 g/mol. The van der Waals surface area contributed by atoms with Crippen molar-refractivity contribution in [2.75, 3.05) is 26.3 Å². The summed E-state index contributed by atoms with van der Waals surface area (Å²) in [6.45, 7) is -0.0394. The molecule has 160 valence electrons. The van der Waals surface area contributed by atoms with E-state index < -0.39 is 0 Å². The molecule has 0 aliphatic carbocycles. The molecule has 0 aliphatic rings. The molecule has 1 aromatic heterocycles. The lowest BCUT2D eigenvalue weighted by molar-refractivity contribution is 0.0491. The minimum atomic E-state index is -0.362. The smallest absolute Gasteiger partial charge is 0.205 e. The lowest BCUT2D eigenvalue weighted by Gasteiger charge is -2.13. The molecule has 0 saturated heterocycles. The maximum absolute atomic E-state index is 12.7. The highest BCUT2D eigenvalue weighted by atomic mass is 79.9. The highest BCUT2D eigenvalue weighted by Gasteiger charge is 2.20. The van der Waals surface area contributed by atoms with Crippen LogP contribution < -0.4 is 14.9 Å². The summed E-state index contributed by atoms with van der Waals surface area (Å²) in [7, 11) is 2.93. The van der Waals surface area contributed by atoms with Crippen molar-refractivity contribution >= 4 is 26.9 Å². The van der Waals surface area contributed by atoms with Crippen molar-refractivity contribution in [2.24, 2.45) is 0 Å². The van der Waals surface area contributed by atoms with Crippen LogP contribution in [0.4, 0.5) is 0 Å². The molecule has 0 unspecified atom stereocenters. The predicted octanol–water partition coefficient (Wildman–Crippen LogP) is 5.26. The average Bonchev–Trinajstić information content (AvgIpc) is 2.75. The Morgan fingerprint density at radius 2 is 1.83 bits per heavy atom. The second kappa shape index (κ2) is 10.5. The maximum atomic E-state index is 12.7. The number of benzene rings is 2. The number of hydrogen-bond donors (Lipinski definition) is 1. The Kier molecular flexibility index (Phi) is 7.76. The Morgan fingerprint density at radius 1 is 1.07 bits per heavy atom. The van der Waals surface area contributed by atoms with Crippen LogP contribution >= 0.6 is 15.9 Å². The van der Waals surface area contributed by atoms with Crippen LogP contribution in [0, 0.1) is 0 Å². The number of phenolic OH excluding ortho intramolecular Hbond substituents is 1. The summed E-state index contributed by atoms with van der Waals surface area (Å²) in [4.78, 5) is 12.7. The number of halogens is 1. The van der Waals surface area contributed by atoms with Crippen LogP contribution in [0.3, 0.4) is 0 Å². The van der Waals surface area contributed by atoms with E-state index in [4.69, 9.17) is 18.6 Å². The number of rotatable bonds is 10. The van der Waals surface area contributed by atoms with Gasteiger partial charge >= 0.3 is 0 Å². The highest BCUT2D eigenvalue weighted by Crippen LogP contribution is 2.41. The number of hydrogen-bond acceptors (Lipinski definition) is 6. The van der Waals surface area contributed by atoms with Gasteiger partial charge in [-0.05, 0) is 24.8 Å². The molecule has 0 spiro atoms. The van der Waals surface area contributed by atoms with Gasteiger partial charge in [0.2, 0.25) is 5.75 Å². The lowest BCUT2D eigenvalue weighted by Crippen LogP contribution is -2.05. The van der Waals surface area contributed by atoms with Gasteiger partial charge in [0.15, 0.2) is 23.6 Å². The van der Waals surface area contributed by atoms with E-state index >= 15 is 0 Å². The van der Waals surface area contributed by atoms with Crippen LogP contribution in [0.1, 0.15) is 24.8 Å². The van der Waals surface area contributed by atoms with Crippen LogP contribution in [0.5, 0.6) is 17.2 Å². The molecule has 7 heteroatoms. The van der Waals surface area contributed by atoms with Gasteiger partial charge in [-0.2, -0.15) is 0 Å². The molecule has 2 aromatic carbocycles. The molecule has 3 aromatic rings. The van der Waals surface area contributed by atoms with Gasteiger partial charge in [-0.3, -0.25) is 4.79 Å². The van der Waals surface area contributed by atoms with Crippen LogP contribution in [0.2, 0.25) is 0 Å². The number of aromatic hydroxyl groups is 1. The van der Waals surface area contributed by atoms with Crippen molar-refractivity contribution in [1.82, 2.24) is 0 Å². The van der Waals surface area contributed by atoms with E-state index in [1.807, 2.05) is 24.3 Å². The number of unbranched alkanes of at least 4 members (excludes halogenated alkanes) is 2. The van der Waals surface area contributed by atoms with Crippen molar-refractivity contribution < 1.29 is 23.7 Å². The number of aryl methyl sites for hydroxylation is 1. The zero-order chi connectivity index (χ0) is 21.5. The third-order valence-corrected chi connectivity index (χ3v) is 5.34. The van der Waals surface area contributed by atoms with Crippen molar-refractivity contribution in [3.05, 3.63) is 52.2 Å². The fraction of sp³-hybridized carbons (Fsp3) is 0.348. The molecule has 0 fully saturated rings. The van der Waals surface area contributed by atoms with Gasteiger partial charge in [0.25, 0.3) is 0 Å². The number of fused-ring (bicyclic) bond motifs is 1. The summed E-state index contributed by atoms with van der Waals surface area (Å²) in [5.74, 6) is 0.599. The monoisotopic (exact) mass is 476 g/mol. The number of methoxy groups -OCH3 is 2. The molecule has 0 aliphatic heterocycles. The zero-order valence-corrected chi connectivity index (χ0v) is 18.7. The van der Waals surface area contributed by atoms with Gasteiger partial charge in [-0.15, -0.1) is 0 Å². The van der Waals surface area contributed by atoms with Crippen molar-refractivity contribution in [3.8, 4) is 28.6 Å². The molecule has 0 saturated carbocycles. The van der Waals surface area contributed by atoms with Gasteiger partial charge in [0.05, 0.1) is 7.11 Å². The molecule has 30 heavy (non-hydrogen) atoms. The first kappa shape index (κ1) is 22.2. The van der Waals surface area contributed by atoms with Gasteiger partial charge in [-0.1, -0.05) is 46.6 Å². The number of ether oxygens (including phenoxy) is 3. The predicted molar refractivity (Wildman–Crippen MR) is 120 cm³/mol. The molecular weight excluding hydrogens is 452 g/mol. The first-order valence-corrected chi connectivity index (χ1v) is 10.9. The van der Waals surface area contributed by atoms with E-state index in [0.717, 1.165) is 23.7 Å². The molecule has 0 radical (unpaired) electrons. The van der Waals surface area contributed by atoms with Crippen molar-refractivity contribution in [2.45, 2.75) is 25.7 Å². The summed E-state index contributed by atoms with van der Waals surface area (Å²) in [5.41, 5.74) is 1.77. The molecule has 1 heterocycles. The van der Waals surface area contributed by atoms with E-state index in [1.165, 1.54) is 44.8 Å². The van der Waals surface area contributed by atoms with Crippen LogP contribution in [-0.2, 0) is 11.2 Å². The molecule has 1 N–H and O–H groups in total. The molecule has 0 atom stereocenters. The Labute approximate surface area is 183 Å². The van der Waals surface area contributed by atoms with E-state index in [0.29, 0.717) is 5.76 Å².